The number of hydrogen-bond donors (Lipinski definition) is 0. The average Bonchev–Trinajstić information content (AvgIpc) is 2.29. The zero-order chi connectivity index (χ0) is 12.4. The van der Waals surface area contributed by atoms with Gasteiger partial charge in [0.05, 0.1) is 10.7 Å². The van der Waals surface area contributed by atoms with Crippen molar-refractivity contribution in [1.82, 2.24) is 4.90 Å². The number of aryl methyl sites for hydroxylation is 1. The second kappa shape index (κ2) is 5.28. The van der Waals surface area contributed by atoms with Gasteiger partial charge in [-0.3, -0.25) is 4.90 Å². The lowest BCUT2D eigenvalue weighted by Gasteiger charge is -2.38. The van der Waals surface area contributed by atoms with Gasteiger partial charge in [-0.25, -0.2) is 0 Å². The van der Waals surface area contributed by atoms with E-state index in [-0.39, 0.29) is 0 Å². The van der Waals surface area contributed by atoms with Crippen LogP contribution in [0.2, 0.25) is 5.02 Å². The highest BCUT2D eigenvalue weighted by molar-refractivity contribution is 6.33. The molecule has 0 N–H and O–H groups in total. The Morgan fingerprint density at radius 1 is 1.12 bits per heavy atom. The molecule has 0 unspecified atom stereocenters. The minimum atomic E-state index is 0.644. The second-order valence-electron chi connectivity index (χ2n) is 5.07. The summed E-state index contributed by atoms with van der Waals surface area (Å²) >= 11 is 6.31. The molecule has 3 heteroatoms. The van der Waals surface area contributed by atoms with Crippen molar-refractivity contribution in [2.75, 3.05) is 31.1 Å². The summed E-state index contributed by atoms with van der Waals surface area (Å²) in [7, 11) is 0. The summed E-state index contributed by atoms with van der Waals surface area (Å²) in [5, 5.41) is 0.878. The smallest absolute Gasteiger partial charge is 0.0642 e. The van der Waals surface area contributed by atoms with Gasteiger partial charge in [0.2, 0.25) is 0 Å². The Kier molecular flexibility index (Phi) is 3.95. The molecule has 94 valence electrons. The molecule has 2 rings (SSSR count). The molecule has 2 nitrogen and oxygen atoms in total. The summed E-state index contributed by atoms with van der Waals surface area (Å²) in [5.41, 5.74) is 2.40. The van der Waals surface area contributed by atoms with Gasteiger partial charge in [0.1, 0.15) is 0 Å². The molecule has 1 fully saturated rings. The maximum atomic E-state index is 6.31. The molecule has 1 aliphatic rings. The van der Waals surface area contributed by atoms with E-state index in [1.807, 2.05) is 6.07 Å². The molecular weight excluding hydrogens is 232 g/mol. The number of rotatable bonds is 2. The number of benzene rings is 1. The molecule has 1 aliphatic heterocycles. The first-order valence-corrected chi connectivity index (χ1v) is 6.71. The van der Waals surface area contributed by atoms with Gasteiger partial charge in [0, 0.05) is 32.2 Å². The molecule has 0 bridgehead atoms. The highest BCUT2D eigenvalue weighted by Crippen LogP contribution is 2.27. The third-order valence-corrected chi connectivity index (χ3v) is 3.79. The SMILES string of the molecule is Cc1ccc(N2CCN(C(C)C)CC2)c(Cl)c1. The summed E-state index contributed by atoms with van der Waals surface area (Å²) in [6, 6.07) is 6.97. The standard InChI is InChI=1S/C14H21ClN2/c1-11(2)16-6-8-17(9-7-16)14-5-4-12(3)10-13(14)15/h4-5,10-11H,6-9H2,1-3H3. The third kappa shape index (κ3) is 2.93. The first-order chi connectivity index (χ1) is 8.08. The molecule has 1 heterocycles. The predicted molar refractivity (Wildman–Crippen MR) is 75.1 cm³/mol. The van der Waals surface area contributed by atoms with Gasteiger partial charge >= 0.3 is 0 Å². The number of halogens is 1. The van der Waals surface area contributed by atoms with E-state index in [1.165, 1.54) is 11.3 Å². The minimum Gasteiger partial charge on any atom is -0.368 e. The van der Waals surface area contributed by atoms with E-state index in [9.17, 15) is 0 Å². The van der Waals surface area contributed by atoms with Crippen molar-refractivity contribution in [1.29, 1.82) is 0 Å². The minimum absolute atomic E-state index is 0.644. The van der Waals surface area contributed by atoms with Crippen LogP contribution in [0.3, 0.4) is 0 Å². The van der Waals surface area contributed by atoms with E-state index in [0.29, 0.717) is 6.04 Å². The predicted octanol–water partition coefficient (Wildman–Crippen LogP) is 3.18. The van der Waals surface area contributed by atoms with Crippen LogP contribution in [0.5, 0.6) is 0 Å². The Morgan fingerprint density at radius 2 is 1.76 bits per heavy atom. The van der Waals surface area contributed by atoms with Crippen LogP contribution in [0.25, 0.3) is 0 Å². The van der Waals surface area contributed by atoms with Crippen molar-refractivity contribution >= 4 is 17.3 Å². The Bertz CT molecular complexity index is 382. The molecule has 1 aromatic rings. The van der Waals surface area contributed by atoms with Crippen LogP contribution < -0.4 is 4.90 Å². The lowest BCUT2D eigenvalue weighted by Crippen LogP contribution is -2.49. The van der Waals surface area contributed by atoms with Gasteiger partial charge in [-0.1, -0.05) is 17.7 Å². The molecule has 1 saturated heterocycles. The van der Waals surface area contributed by atoms with Crippen LogP contribution in [0.15, 0.2) is 18.2 Å². The normalized spacial score (nSPS) is 17.8. The number of anilines is 1. The summed E-state index contributed by atoms with van der Waals surface area (Å²) < 4.78 is 0. The van der Waals surface area contributed by atoms with Gasteiger partial charge < -0.3 is 4.90 Å². The Morgan fingerprint density at radius 3 is 2.29 bits per heavy atom. The van der Waals surface area contributed by atoms with Crippen LogP contribution in [-0.4, -0.2) is 37.1 Å². The Balaban J connectivity index is 2.05. The molecule has 0 amide bonds. The zero-order valence-electron chi connectivity index (χ0n) is 10.9. The van der Waals surface area contributed by atoms with Crippen molar-refractivity contribution in [3.63, 3.8) is 0 Å². The Hall–Kier alpha value is -0.730. The lowest BCUT2D eigenvalue weighted by atomic mass is 10.2. The molecule has 0 atom stereocenters. The quantitative estimate of drug-likeness (QED) is 0.798. The highest BCUT2D eigenvalue weighted by atomic mass is 35.5. The molecule has 0 aromatic heterocycles. The van der Waals surface area contributed by atoms with Gasteiger partial charge in [-0.15, -0.1) is 0 Å². The van der Waals surface area contributed by atoms with Crippen molar-refractivity contribution < 1.29 is 0 Å². The van der Waals surface area contributed by atoms with Crippen molar-refractivity contribution in [2.24, 2.45) is 0 Å². The van der Waals surface area contributed by atoms with Crippen molar-refractivity contribution in [2.45, 2.75) is 26.8 Å². The summed E-state index contributed by atoms with van der Waals surface area (Å²) in [4.78, 5) is 4.90. The van der Waals surface area contributed by atoms with Crippen LogP contribution in [0.4, 0.5) is 5.69 Å². The second-order valence-corrected chi connectivity index (χ2v) is 5.48. The van der Waals surface area contributed by atoms with Crippen LogP contribution in [0.1, 0.15) is 19.4 Å². The van der Waals surface area contributed by atoms with Crippen LogP contribution >= 0.6 is 11.6 Å². The van der Waals surface area contributed by atoms with E-state index >= 15 is 0 Å². The monoisotopic (exact) mass is 252 g/mol. The topological polar surface area (TPSA) is 6.48 Å². The highest BCUT2D eigenvalue weighted by Gasteiger charge is 2.20. The van der Waals surface area contributed by atoms with Gasteiger partial charge in [0.15, 0.2) is 0 Å². The average molecular weight is 253 g/mol. The number of nitrogens with zero attached hydrogens (tertiary/aromatic N) is 2. The summed E-state index contributed by atoms with van der Waals surface area (Å²) in [6.07, 6.45) is 0. The van der Waals surface area contributed by atoms with Crippen LogP contribution in [-0.2, 0) is 0 Å². The fourth-order valence-electron chi connectivity index (χ4n) is 2.35. The summed E-state index contributed by atoms with van der Waals surface area (Å²) in [5.74, 6) is 0. The number of hydrogen-bond acceptors (Lipinski definition) is 2. The van der Waals surface area contributed by atoms with E-state index in [2.05, 4.69) is 42.7 Å². The first-order valence-electron chi connectivity index (χ1n) is 6.33. The molecule has 17 heavy (non-hydrogen) atoms. The van der Waals surface area contributed by atoms with E-state index in [1.54, 1.807) is 0 Å². The fraction of sp³-hybridized carbons (Fsp3) is 0.571. The van der Waals surface area contributed by atoms with E-state index < -0.39 is 0 Å². The maximum Gasteiger partial charge on any atom is 0.0642 e. The molecule has 0 saturated carbocycles. The van der Waals surface area contributed by atoms with Crippen molar-refractivity contribution in [3.8, 4) is 0 Å². The first kappa shape index (κ1) is 12.7. The molecule has 0 spiro atoms. The largest absolute Gasteiger partial charge is 0.368 e. The molecule has 0 radical (unpaired) electrons. The van der Waals surface area contributed by atoms with Crippen LogP contribution in [0, 0.1) is 6.92 Å². The van der Waals surface area contributed by atoms with E-state index in [4.69, 9.17) is 11.6 Å². The van der Waals surface area contributed by atoms with E-state index in [0.717, 1.165) is 31.2 Å². The maximum absolute atomic E-state index is 6.31. The third-order valence-electron chi connectivity index (χ3n) is 3.49. The lowest BCUT2D eigenvalue weighted by molar-refractivity contribution is 0.209. The summed E-state index contributed by atoms with van der Waals surface area (Å²) in [6.45, 7) is 11.0. The van der Waals surface area contributed by atoms with Crippen molar-refractivity contribution in [3.05, 3.63) is 28.8 Å². The molecule has 1 aromatic carbocycles. The Labute approximate surface area is 109 Å². The fourth-order valence-corrected chi connectivity index (χ4v) is 2.70. The number of piperazine rings is 1. The zero-order valence-corrected chi connectivity index (χ0v) is 11.7. The van der Waals surface area contributed by atoms with Gasteiger partial charge in [-0.2, -0.15) is 0 Å². The van der Waals surface area contributed by atoms with Gasteiger partial charge in [-0.05, 0) is 38.5 Å². The molecule has 0 aliphatic carbocycles. The molecular formula is C14H21ClN2. The van der Waals surface area contributed by atoms with Gasteiger partial charge in [0.25, 0.3) is 0 Å².